The minimum absolute atomic E-state index is 0.127. The molecule has 0 aliphatic heterocycles. The van der Waals surface area contributed by atoms with Crippen molar-refractivity contribution in [2.75, 3.05) is 5.32 Å². The van der Waals surface area contributed by atoms with Crippen LogP contribution in [0.25, 0.3) is 5.70 Å². The normalized spacial score (nSPS) is 17.0. The molecule has 0 bridgehead atoms. The fourth-order valence-electron chi connectivity index (χ4n) is 4.14. The van der Waals surface area contributed by atoms with Crippen LogP contribution in [0.1, 0.15) is 48.6 Å². The van der Waals surface area contributed by atoms with E-state index in [9.17, 15) is 0 Å². The van der Waals surface area contributed by atoms with E-state index in [1.807, 2.05) is 0 Å². The molecule has 3 heteroatoms. The molecule has 3 rings (SSSR count). The number of nitrogens with one attached hydrogen (secondary N) is 2. The highest BCUT2D eigenvalue weighted by Gasteiger charge is 2.39. The van der Waals surface area contributed by atoms with E-state index >= 15 is 0 Å². The van der Waals surface area contributed by atoms with Crippen LogP contribution in [0.15, 0.2) is 48.5 Å². The van der Waals surface area contributed by atoms with Crippen LogP contribution in [0.3, 0.4) is 0 Å². The average Bonchev–Trinajstić information content (AvgIpc) is 2.89. The van der Waals surface area contributed by atoms with Crippen LogP contribution in [0, 0.1) is 13.8 Å². The monoisotopic (exact) mass is 364 g/mol. The number of fused-ring (bicyclic) bond motifs is 1. The predicted molar refractivity (Wildman–Crippen MR) is 117 cm³/mol. The standard InChI is InChI=1S/C23H32N2Si/c1-16-11-10-14-20(17(16)2)24-21-15-22(19-13-9-8-12-18(19)21)26(6,7)25-23(3,4)5/h8-15,22,24-25H,1-7H3. The van der Waals surface area contributed by atoms with Gasteiger partial charge in [0.1, 0.15) is 8.24 Å². The SMILES string of the molecule is Cc1cccc(NC2=CC([Si](C)(C)NC(C)(C)C)c3ccccc32)c1C. The van der Waals surface area contributed by atoms with Crippen molar-refractivity contribution in [1.82, 2.24) is 4.98 Å². The Labute approximate surface area is 159 Å². The maximum atomic E-state index is 3.95. The van der Waals surface area contributed by atoms with Crippen molar-refractivity contribution in [1.29, 1.82) is 0 Å². The molecule has 0 radical (unpaired) electrons. The van der Waals surface area contributed by atoms with Gasteiger partial charge in [0.15, 0.2) is 0 Å². The fourth-order valence-corrected chi connectivity index (χ4v) is 7.84. The van der Waals surface area contributed by atoms with E-state index < -0.39 is 8.24 Å². The number of hydrogen-bond acceptors (Lipinski definition) is 2. The molecule has 1 unspecified atom stereocenters. The van der Waals surface area contributed by atoms with Gasteiger partial charge >= 0.3 is 0 Å². The molecule has 1 atom stereocenters. The lowest BCUT2D eigenvalue weighted by atomic mass is 10.1. The lowest BCUT2D eigenvalue weighted by Crippen LogP contribution is -2.57. The van der Waals surface area contributed by atoms with Crippen molar-refractivity contribution in [3.8, 4) is 0 Å². The number of hydrogen-bond donors (Lipinski definition) is 2. The molecule has 138 valence electrons. The smallest absolute Gasteiger partial charge is 0.131 e. The predicted octanol–water partition coefficient (Wildman–Crippen LogP) is 5.99. The molecule has 0 spiro atoms. The molecule has 0 saturated heterocycles. The van der Waals surface area contributed by atoms with E-state index in [0.717, 1.165) is 0 Å². The Bertz CT molecular complexity index is 844. The summed E-state index contributed by atoms with van der Waals surface area (Å²) < 4.78 is 0. The zero-order valence-corrected chi connectivity index (χ0v) is 18.2. The molecule has 2 nitrogen and oxygen atoms in total. The van der Waals surface area contributed by atoms with Gasteiger partial charge in [-0.1, -0.05) is 55.6 Å². The summed E-state index contributed by atoms with van der Waals surface area (Å²) in [5.41, 5.74) is 8.47. The minimum atomic E-state index is -1.71. The average molecular weight is 365 g/mol. The van der Waals surface area contributed by atoms with Gasteiger partial charge in [0.2, 0.25) is 0 Å². The Morgan fingerprint density at radius 2 is 1.62 bits per heavy atom. The molecule has 0 saturated carbocycles. The van der Waals surface area contributed by atoms with Gasteiger partial charge in [-0.3, -0.25) is 0 Å². The molecular weight excluding hydrogens is 332 g/mol. The van der Waals surface area contributed by atoms with Gasteiger partial charge in [0.25, 0.3) is 0 Å². The second-order valence-electron chi connectivity index (χ2n) is 9.11. The van der Waals surface area contributed by atoms with Crippen LogP contribution in [0.4, 0.5) is 5.69 Å². The fraction of sp³-hybridized carbons (Fsp3) is 0.391. The van der Waals surface area contributed by atoms with Crippen molar-refractivity contribution in [2.24, 2.45) is 0 Å². The number of anilines is 1. The number of rotatable bonds is 4. The van der Waals surface area contributed by atoms with Gasteiger partial charge in [-0.25, -0.2) is 0 Å². The van der Waals surface area contributed by atoms with E-state index in [0.29, 0.717) is 5.54 Å². The van der Waals surface area contributed by atoms with Crippen LogP contribution < -0.4 is 10.3 Å². The van der Waals surface area contributed by atoms with Crippen LogP contribution >= 0.6 is 0 Å². The summed E-state index contributed by atoms with van der Waals surface area (Å²) >= 11 is 0. The zero-order chi connectivity index (χ0) is 19.1. The first kappa shape index (κ1) is 18.9. The maximum absolute atomic E-state index is 3.95. The highest BCUT2D eigenvalue weighted by molar-refractivity contribution is 6.77. The Kier molecular flexibility index (Phi) is 4.89. The second-order valence-corrected chi connectivity index (χ2v) is 13.4. The number of allylic oxidation sites excluding steroid dienone is 1. The van der Waals surface area contributed by atoms with Crippen molar-refractivity contribution in [2.45, 2.75) is 58.8 Å². The largest absolute Gasteiger partial charge is 0.355 e. The Morgan fingerprint density at radius 3 is 2.31 bits per heavy atom. The van der Waals surface area contributed by atoms with Crippen molar-refractivity contribution in [3.05, 3.63) is 70.8 Å². The third-order valence-electron chi connectivity index (χ3n) is 5.27. The molecule has 1 aliphatic carbocycles. The van der Waals surface area contributed by atoms with Gasteiger partial charge < -0.3 is 10.3 Å². The van der Waals surface area contributed by atoms with Gasteiger partial charge in [0, 0.05) is 28.0 Å². The molecule has 2 aromatic carbocycles. The molecular formula is C23H32N2Si. The quantitative estimate of drug-likeness (QED) is 0.652. The van der Waals surface area contributed by atoms with Crippen LogP contribution in [0.5, 0.6) is 0 Å². The summed E-state index contributed by atoms with van der Waals surface area (Å²) in [5.74, 6) is 0. The van der Waals surface area contributed by atoms with Crippen LogP contribution in [0.2, 0.25) is 13.1 Å². The molecule has 0 aromatic heterocycles. The van der Waals surface area contributed by atoms with Crippen molar-refractivity contribution >= 4 is 19.6 Å². The molecule has 1 aliphatic rings. The highest BCUT2D eigenvalue weighted by Crippen LogP contribution is 2.41. The topological polar surface area (TPSA) is 24.1 Å². The van der Waals surface area contributed by atoms with Gasteiger partial charge in [0.05, 0.1) is 0 Å². The Morgan fingerprint density at radius 1 is 0.923 bits per heavy atom. The lowest BCUT2D eigenvalue weighted by molar-refractivity contribution is 0.509. The third-order valence-corrected chi connectivity index (χ3v) is 8.70. The van der Waals surface area contributed by atoms with Gasteiger partial charge in [-0.2, -0.15) is 0 Å². The highest BCUT2D eigenvalue weighted by atomic mass is 28.3. The lowest BCUT2D eigenvalue weighted by Gasteiger charge is -2.37. The first-order chi connectivity index (χ1) is 12.1. The van der Waals surface area contributed by atoms with Gasteiger partial charge in [-0.05, 0) is 57.4 Å². The number of benzene rings is 2. The maximum Gasteiger partial charge on any atom is 0.131 e. The summed E-state index contributed by atoms with van der Waals surface area (Å²) in [7, 11) is -1.71. The zero-order valence-electron chi connectivity index (χ0n) is 17.2. The second kappa shape index (κ2) is 6.71. The van der Waals surface area contributed by atoms with Crippen LogP contribution in [-0.2, 0) is 0 Å². The summed E-state index contributed by atoms with van der Waals surface area (Å²) in [4.78, 5) is 3.95. The van der Waals surface area contributed by atoms with Crippen molar-refractivity contribution < 1.29 is 0 Å². The van der Waals surface area contributed by atoms with Gasteiger partial charge in [-0.15, -0.1) is 0 Å². The molecule has 0 amide bonds. The third kappa shape index (κ3) is 3.79. The van der Waals surface area contributed by atoms with E-state index in [1.165, 1.54) is 33.6 Å². The molecule has 26 heavy (non-hydrogen) atoms. The van der Waals surface area contributed by atoms with E-state index in [4.69, 9.17) is 0 Å². The minimum Gasteiger partial charge on any atom is -0.355 e. The first-order valence-electron chi connectivity index (χ1n) is 9.52. The summed E-state index contributed by atoms with van der Waals surface area (Å²) in [6, 6.07) is 15.3. The van der Waals surface area contributed by atoms with Crippen LogP contribution in [-0.4, -0.2) is 13.8 Å². The molecule has 2 N–H and O–H groups in total. The summed E-state index contributed by atoms with van der Waals surface area (Å²) in [6.07, 6.45) is 2.46. The first-order valence-corrected chi connectivity index (χ1v) is 12.6. The molecule has 2 aromatic rings. The van der Waals surface area contributed by atoms with E-state index in [-0.39, 0.29) is 5.54 Å². The van der Waals surface area contributed by atoms with E-state index in [1.54, 1.807) is 0 Å². The van der Waals surface area contributed by atoms with E-state index in [2.05, 4.69) is 107 Å². The Hall–Kier alpha value is -1.84. The molecule has 0 heterocycles. The summed E-state index contributed by atoms with van der Waals surface area (Å²) in [6.45, 7) is 16.0. The Balaban J connectivity index is 1.99. The summed E-state index contributed by atoms with van der Waals surface area (Å²) in [5, 5.41) is 3.73. The van der Waals surface area contributed by atoms with Crippen molar-refractivity contribution in [3.63, 3.8) is 0 Å². The number of aryl methyl sites for hydroxylation is 1. The molecule has 0 fully saturated rings.